The van der Waals surface area contributed by atoms with Crippen LogP contribution in [0.25, 0.3) is 0 Å². The van der Waals surface area contributed by atoms with Crippen LogP contribution in [-0.4, -0.2) is 51.3 Å². The fourth-order valence-electron chi connectivity index (χ4n) is 2.39. The Hall–Kier alpha value is -3.60. The van der Waals surface area contributed by atoms with Crippen LogP contribution < -0.4 is 15.4 Å². The summed E-state index contributed by atoms with van der Waals surface area (Å²) in [6.07, 6.45) is -4.63. The van der Waals surface area contributed by atoms with E-state index in [1.807, 2.05) is 0 Å². The van der Waals surface area contributed by atoms with Crippen LogP contribution in [-0.2, 0) is 25.2 Å². The molecular weight excluding hydrogens is 433 g/mol. The Morgan fingerprint density at radius 3 is 2.38 bits per heavy atom. The molecule has 32 heavy (non-hydrogen) atoms. The Kier molecular flexibility index (Phi) is 9.02. The van der Waals surface area contributed by atoms with Gasteiger partial charge in [0.2, 0.25) is 0 Å². The zero-order valence-electron chi connectivity index (χ0n) is 17.0. The minimum atomic E-state index is -4.63. The topological polar surface area (TPSA) is 103 Å². The van der Waals surface area contributed by atoms with Crippen LogP contribution in [0.1, 0.15) is 15.9 Å². The van der Waals surface area contributed by atoms with Crippen LogP contribution >= 0.6 is 0 Å². The first kappa shape index (κ1) is 24.7. The SMILES string of the molecule is COCCOc1ccc(C(F)(F)F)cc1NC(=O)COC(=O)CNC(=O)c1ccccc1. The van der Waals surface area contributed by atoms with E-state index in [0.29, 0.717) is 11.6 Å². The van der Waals surface area contributed by atoms with E-state index in [0.717, 1.165) is 12.1 Å². The molecule has 2 amide bonds. The number of amides is 2. The van der Waals surface area contributed by atoms with Crippen molar-refractivity contribution < 1.29 is 41.8 Å². The lowest BCUT2D eigenvalue weighted by Crippen LogP contribution is -2.32. The highest BCUT2D eigenvalue weighted by atomic mass is 19.4. The molecule has 0 unspecified atom stereocenters. The van der Waals surface area contributed by atoms with Gasteiger partial charge in [0.25, 0.3) is 11.8 Å². The molecule has 2 aromatic carbocycles. The van der Waals surface area contributed by atoms with E-state index in [1.165, 1.54) is 7.11 Å². The van der Waals surface area contributed by atoms with Crippen molar-refractivity contribution in [1.29, 1.82) is 0 Å². The summed E-state index contributed by atoms with van der Waals surface area (Å²) in [5.41, 5.74) is -0.898. The number of benzene rings is 2. The van der Waals surface area contributed by atoms with Gasteiger partial charge >= 0.3 is 12.1 Å². The fourth-order valence-corrected chi connectivity index (χ4v) is 2.39. The molecule has 8 nitrogen and oxygen atoms in total. The standard InChI is InChI=1S/C21H21F3N2O6/c1-30-9-10-31-17-8-7-15(21(22,23)24)11-16(17)26-18(27)13-32-19(28)12-25-20(29)14-5-3-2-4-6-14/h2-8,11H,9-10,12-13H2,1H3,(H,25,29)(H,26,27). The smallest absolute Gasteiger partial charge is 0.416 e. The molecule has 0 aromatic heterocycles. The highest BCUT2D eigenvalue weighted by molar-refractivity contribution is 5.97. The fraction of sp³-hybridized carbons (Fsp3) is 0.286. The van der Waals surface area contributed by atoms with Gasteiger partial charge in [-0.3, -0.25) is 14.4 Å². The van der Waals surface area contributed by atoms with Crippen LogP contribution in [0, 0.1) is 0 Å². The van der Waals surface area contributed by atoms with E-state index < -0.39 is 42.7 Å². The lowest BCUT2D eigenvalue weighted by molar-refractivity contribution is -0.146. The molecule has 0 spiro atoms. The molecule has 0 aliphatic carbocycles. The van der Waals surface area contributed by atoms with Crippen molar-refractivity contribution in [1.82, 2.24) is 5.32 Å². The molecule has 2 N–H and O–H groups in total. The number of carbonyl (C=O) groups is 3. The molecule has 172 valence electrons. The summed E-state index contributed by atoms with van der Waals surface area (Å²) in [6.45, 7) is -1.04. The van der Waals surface area contributed by atoms with Gasteiger partial charge in [0, 0.05) is 12.7 Å². The number of hydrogen-bond acceptors (Lipinski definition) is 6. The second-order valence-corrected chi connectivity index (χ2v) is 6.31. The Labute approximate surface area is 181 Å². The van der Waals surface area contributed by atoms with Crippen LogP contribution in [0.2, 0.25) is 0 Å². The zero-order chi connectivity index (χ0) is 23.6. The van der Waals surface area contributed by atoms with Crippen LogP contribution in [0.3, 0.4) is 0 Å². The summed E-state index contributed by atoms with van der Waals surface area (Å²) < 4.78 is 53.9. The lowest BCUT2D eigenvalue weighted by Gasteiger charge is -2.15. The lowest BCUT2D eigenvalue weighted by atomic mass is 10.1. The minimum absolute atomic E-state index is 0.00940. The van der Waals surface area contributed by atoms with Gasteiger partial charge in [-0.1, -0.05) is 18.2 Å². The molecule has 0 bridgehead atoms. The molecule has 2 rings (SSSR count). The highest BCUT2D eigenvalue weighted by Crippen LogP contribution is 2.35. The van der Waals surface area contributed by atoms with Gasteiger partial charge in [-0.2, -0.15) is 13.2 Å². The van der Waals surface area contributed by atoms with E-state index in [-0.39, 0.29) is 24.7 Å². The normalized spacial score (nSPS) is 10.9. The Balaban J connectivity index is 1.91. The van der Waals surface area contributed by atoms with E-state index in [1.54, 1.807) is 30.3 Å². The third-order valence-electron chi connectivity index (χ3n) is 3.92. The number of rotatable bonds is 10. The number of anilines is 1. The number of methoxy groups -OCH3 is 1. The largest absolute Gasteiger partial charge is 0.489 e. The average molecular weight is 454 g/mol. The third-order valence-corrected chi connectivity index (χ3v) is 3.92. The molecule has 0 aliphatic rings. The minimum Gasteiger partial charge on any atom is -0.489 e. The van der Waals surface area contributed by atoms with Crippen molar-refractivity contribution in [3.63, 3.8) is 0 Å². The quantitative estimate of drug-likeness (QED) is 0.423. The summed E-state index contributed by atoms with van der Waals surface area (Å²) in [4.78, 5) is 35.7. The molecule has 0 saturated heterocycles. The Bertz CT molecular complexity index is 935. The number of ether oxygens (including phenoxy) is 3. The predicted octanol–water partition coefficient (Wildman–Crippen LogP) is 2.64. The monoisotopic (exact) mass is 454 g/mol. The molecule has 2 aromatic rings. The first-order valence-electron chi connectivity index (χ1n) is 9.32. The van der Waals surface area contributed by atoms with Crippen molar-refractivity contribution in [2.24, 2.45) is 0 Å². The van der Waals surface area contributed by atoms with Gasteiger partial charge in [-0.25, -0.2) is 0 Å². The van der Waals surface area contributed by atoms with E-state index in [4.69, 9.17) is 14.2 Å². The summed E-state index contributed by atoms with van der Waals surface area (Å²) in [6, 6.07) is 10.7. The van der Waals surface area contributed by atoms with Crippen LogP contribution in [0.5, 0.6) is 5.75 Å². The van der Waals surface area contributed by atoms with Crippen LogP contribution in [0.4, 0.5) is 18.9 Å². The van der Waals surface area contributed by atoms with Crippen LogP contribution in [0.15, 0.2) is 48.5 Å². The van der Waals surface area contributed by atoms with Gasteiger partial charge in [0.1, 0.15) is 18.9 Å². The van der Waals surface area contributed by atoms with Crippen molar-refractivity contribution >= 4 is 23.5 Å². The van der Waals surface area contributed by atoms with Gasteiger partial charge in [-0.15, -0.1) is 0 Å². The Morgan fingerprint density at radius 1 is 1.00 bits per heavy atom. The molecule has 0 aliphatic heterocycles. The molecule has 11 heteroatoms. The number of nitrogens with one attached hydrogen (secondary N) is 2. The molecule has 0 saturated carbocycles. The highest BCUT2D eigenvalue weighted by Gasteiger charge is 2.31. The molecule has 0 heterocycles. The second kappa shape index (κ2) is 11.7. The molecule has 0 fully saturated rings. The maximum Gasteiger partial charge on any atom is 0.416 e. The Morgan fingerprint density at radius 2 is 1.72 bits per heavy atom. The first-order chi connectivity index (χ1) is 15.2. The molecule has 0 atom stereocenters. The third kappa shape index (κ3) is 7.91. The number of alkyl halides is 3. The molecule has 0 radical (unpaired) electrons. The summed E-state index contributed by atoms with van der Waals surface area (Å²) in [5, 5.41) is 4.56. The van der Waals surface area contributed by atoms with Crippen molar-refractivity contribution in [2.75, 3.05) is 38.8 Å². The van der Waals surface area contributed by atoms with E-state index in [2.05, 4.69) is 10.6 Å². The summed E-state index contributed by atoms with van der Waals surface area (Å²) in [7, 11) is 1.43. The van der Waals surface area contributed by atoms with Gasteiger partial charge in [0.05, 0.1) is 17.9 Å². The average Bonchev–Trinajstić information content (AvgIpc) is 2.77. The number of esters is 1. The summed E-state index contributed by atoms with van der Waals surface area (Å²) >= 11 is 0. The van der Waals surface area contributed by atoms with E-state index in [9.17, 15) is 27.6 Å². The predicted molar refractivity (Wildman–Crippen MR) is 107 cm³/mol. The number of carbonyl (C=O) groups excluding carboxylic acids is 3. The second-order valence-electron chi connectivity index (χ2n) is 6.31. The zero-order valence-corrected chi connectivity index (χ0v) is 17.0. The van der Waals surface area contributed by atoms with Gasteiger partial charge in [0.15, 0.2) is 6.61 Å². The van der Waals surface area contributed by atoms with Gasteiger partial charge < -0.3 is 24.8 Å². The first-order valence-corrected chi connectivity index (χ1v) is 9.32. The molecular formula is C21H21F3N2O6. The summed E-state index contributed by atoms with van der Waals surface area (Å²) in [5.74, 6) is -2.30. The number of hydrogen-bond donors (Lipinski definition) is 2. The van der Waals surface area contributed by atoms with Gasteiger partial charge in [-0.05, 0) is 30.3 Å². The van der Waals surface area contributed by atoms with Crippen molar-refractivity contribution in [3.8, 4) is 5.75 Å². The van der Waals surface area contributed by atoms with Crippen molar-refractivity contribution in [3.05, 3.63) is 59.7 Å². The van der Waals surface area contributed by atoms with E-state index >= 15 is 0 Å². The maximum absolute atomic E-state index is 13.0. The number of halogens is 3. The maximum atomic E-state index is 13.0. The van der Waals surface area contributed by atoms with Crippen molar-refractivity contribution in [2.45, 2.75) is 6.18 Å².